The van der Waals surface area contributed by atoms with E-state index in [1.807, 2.05) is 24.3 Å². The molecule has 1 aromatic carbocycles. The van der Waals surface area contributed by atoms with Gasteiger partial charge in [0.2, 0.25) is 5.95 Å². The van der Waals surface area contributed by atoms with E-state index in [0.717, 1.165) is 5.56 Å². The molecule has 1 aliphatic heterocycles. The number of hydrogen-bond donors (Lipinski definition) is 0. The summed E-state index contributed by atoms with van der Waals surface area (Å²) in [6.07, 6.45) is 1.80. The van der Waals surface area contributed by atoms with E-state index < -0.39 is 6.30 Å². The van der Waals surface area contributed by atoms with Crippen molar-refractivity contribution in [3.63, 3.8) is 0 Å². The molecule has 0 saturated carbocycles. The molecule has 1 aliphatic rings. The summed E-state index contributed by atoms with van der Waals surface area (Å²) in [5.41, 5.74) is 2.04. The number of benzene rings is 1. The molecule has 0 aliphatic carbocycles. The van der Waals surface area contributed by atoms with E-state index >= 15 is 0 Å². The molecule has 3 rings (SSSR count). The fraction of sp³-hybridized carbons (Fsp3) is 0.381. The number of aromatic nitrogens is 2. The zero-order chi connectivity index (χ0) is 19.4. The molecule has 0 N–H and O–H groups in total. The van der Waals surface area contributed by atoms with Crippen LogP contribution in [0.3, 0.4) is 0 Å². The van der Waals surface area contributed by atoms with Crippen LogP contribution in [0.5, 0.6) is 0 Å². The fourth-order valence-electron chi connectivity index (χ4n) is 2.85. The third-order valence-corrected chi connectivity index (χ3v) is 4.48. The maximum Gasteiger partial charge on any atom is 0.299 e. The molecule has 0 bridgehead atoms. The Hall–Kier alpha value is -2.94. The second-order valence-electron chi connectivity index (χ2n) is 7.51. The minimum atomic E-state index is -1.35. The van der Waals surface area contributed by atoms with Gasteiger partial charge in [-0.2, -0.15) is 0 Å². The smallest absolute Gasteiger partial charge is 0.299 e. The molecule has 1 fully saturated rings. The zero-order valence-corrected chi connectivity index (χ0v) is 15.8. The molecule has 1 saturated heterocycles. The van der Waals surface area contributed by atoms with Crippen molar-refractivity contribution in [3.8, 4) is 11.8 Å². The highest BCUT2D eigenvalue weighted by molar-refractivity contribution is 5.94. The van der Waals surface area contributed by atoms with E-state index in [-0.39, 0.29) is 17.9 Å². The van der Waals surface area contributed by atoms with Crippen molar-refractivity contribution in [2.24, 2.45) is 0 Å². The zero-order valence-electron chi connectivity index (χ0n) is 15.8. The van der Waals surface area contributed by atoms with Gasteiger partial charge >= 0.3 is 0 Å². The Morgan fingerprint density at radius 1 is 1.15 bits per heavy atom. The number of amides is 1. The van der Waals surface area contributed by atoms with Gasteiger partial charge in [0, 0.05) is 37.0 Å². The Kier molecular flexibility index (Phi) is 5.41. The largest absolute Gasteiger partial charge is 0.325 e. The molecule has 1 aromatic heterocycles. The average molecular weight is 366 g/mol. The first kappa shape index (κ1) is 18.8. The molecule has 27 heavy (non-hydrogen) atoms. The first-order valence-electron chi connectivity index (χ1n) is 8.94. The van der Waals surface area contributed by atoms with Crippen molar-refractivity contribution < 1.29 is 9.18 Å². The Morgan fingerprint density at radius 2 is 1.81 bits per heavy atom. The predicted octanol–water partition coefficient (Wildman–Crippen LogP) is 2.77. The lowest BCUT2D eigenvalue weighted by atomic mass is 9.87. The van der Waals surface area contributed by atoms with Crippen LogP contribution < -0.4 is 4.90 Å². The number of carbonyl (C=O) groups excluding carboxylic acids is 1. The Balaban J connectivity index is 1.62. The van der Waals surface area contributed by atoms with Gasteiger partial charge in [0.15, 0.2) is 6.30 Å². The summed E-state index contributed by atoms with van der Waals surface area (Å²) in [5.74, 6) is 5.46. The summed E-state index contributed by atoms with van der Waals surface area (Å²) in [6, 6.07) is 9.53. The van der Waals surface area contributed by atoms with Crippen molar-refractivity contribution in [2.45, 2.75) is 32.5 Å². The molecule has 1 unspecified atom stereocenters. The number of piperazine rings is 1. The van der Waals surface area contributed by atoms with Gasteiger partial charge in [0.05, 0.1) is 6.54 Å². The third-order valence-electron chi connectivity index (χ3n) is 4.48. The molecule has 2 aromatic rings. The van der Waals surface area contributed by atoms with Crippen molar-refractivity contribution in [3.05, 3.63) is 53.9 Å². The second-order valence-corrected chi connectivity index (χ2v) is 7.51. The lowest BCUT2D eigenvalue weighted by molar-refractivity contribution is -0.126. The number of rotatable bonds is 1. The van der Waals surface area contributed by atoms with Crippen molar-refractivity contribution in [2.75, 3.05) is 24.5 Å². The first-order chi connectivity index (χ1) is 12.8. The van der Waals surface area contributed by atoms with Crippen LogP contribution in [-0.2, 0) is 10.2 Å². The van der Waals surface area contributed by atoms with E-state index in [1.165, 1.54) is 15.4 Å². The maximum atomic E-state index is 14.5. The number of hydrogen-bond acceptors (Lipinski definition) is 4. The van der Waals surface area contributed by atoms with Crippen LogP contribution in [0.1, 0.15) is 31.9 Å². The van der Waals surface area contributed by atoms with Crippen LogP contribution in [0.4, 0.5) is 10.3 Å². The summed E-state index contributed by atoms with van der Waals surface area (Å²) in [4.78, 5) is 23.3. The normalized spacial score (nSPS) is 17.3. The van der Waals surface area contributed by atoms with E-state index in [0.29, 0.717) is 19.0 Å². The molecule has 140 valence electrons. The monoisotopic (exact) mass is 366 g/mol. The quantitative estimate of drug-likeness (QED) is 0.575. The highest BCUT2D eigenvalue weighted by Gasteiger charge is 2.30. The highest BCUT2D eigenvalue weighted by atomic mass is 19.1. The van der Waals surface area contributed by atoms with E-state index in [1.54, 1.807) is 18.5 Å². The molecule has 6 heteroatoms. The third kappa shape index (κ3) is 4.62. The lowest BCUT2D eigenvalue weighted by Crippen LogP contribution is -2.53. The number of alkyl halides is 1. The molecule has 1 amide bonds. The Morgan fingerprint density at radius 3 is 2.41 bits per heavy atom. The minimum absolute atomic E-state index is 0.0469. The van der Waals surface area contributed by atoms with Gasteiger partial charge in [-0.25, -0.2) is 14.4 Å². The van der Waals surface area contributed by atoms with Gasteiger partial charge in [-0.05, 0) is 29.2 Å². The Bertz CT molecular complexity index is 850. The summed E-state index contributed by atoms with van der Waals surface area (Å²) in [6.45, 7) is 7.10. The summed E-state index contributed by atoms with van der Waals surface area (Å²) < 4.78 is 14.5. The molecule has 2 heterocycles. The maximum absolute atomic E-state index is 14.5. The van der Waals surface area contributed by atoms with Gasteiger partial charge < -0.3 is 9.80 Å². The van der Waals surface area contributed by atoms with Crippen molar-refractivity contribution in [1.82, 2.24) is 14.9 Å². The van der Waals surface area contributed by atoms with Gasteiger partial charge in [-0.3, -0.25) is 4.79 Å². The van der Waals surface area contributed by atoms with Crippen LogP contribution in [0, 0.1) is 11.8 Å². The topological polar surface area (TPSA) is 49.3 Å². The highest BCUT2D eigenvalue weighted by Crippen LogP contribution is 2.22. The molecule has 1 atom stereocenters. The van der Waals surface area contributed by atoms with Crippen molar-refractivity contribution in [1.29, 1.82) is 0 Å². The Labute approximate surface area is 159 Å². The molecule has 0 radical (unpaired) electrons. The summed E-state index contributed by atoms with van der Waals surface area (Å²) in [7, 11) is 0. The number of anilines is 1. The van der Waals surface area contributed by atoms with Crippen LogP contribution >= 0.6 is 0 Å². The van der Waals surface area contributed by atoms with E-state index in [9.17, 15) is 9.18 Å². The van der Waals surface area contributed by atoms with Crippen LogP contribution in [0.15, 0.2) is 42.7 Å². The molecular weight excluding hydrogens is 343 g/mol. The number of carbonyl (C=O) groups is 1. The standard InChI is InChI=1S/C21H23FN4O/c1-21(2,3)17-8-5-16(6-9-17)7-10-19(27)25-13-14-26(18(22)15-25)20-23-11-4-12-24-20/h4-6,8-9,11-12,18H,13-15H2,1-3H3. The summed E-state index contributed by atoms with van der Waals surface area (Å²) in [5, 5.41) is 0. The SMILES string of the molecule is CC(C)(C)c1ccc(C#CC(=O)N2CCN(c3ncccn3)C(F)C2)cc1. The van der Waals surface area contributed by atoms with E-state index in [4.69, 9.17) is 0 Å². The van der Waals surface area contributed by atoms with Crippen LogP contribution in [-0.4, -0.2) is 46.7 Å². The second kappa shape index (κ2) is 7.75. The minimum Gasteiger partial charge on any atom is -0.325 e. The molecular formula is C21H23FN4O. The molecule has 0 spiro atoms. The average Bonchev–Trinajstić information content (AvgIpc) is 2.66. The van der Waals surface area contributed by atoms with Crippen LogP contribution in [0.25, 0.3) is 0 Å². The number of halogens is 1. The molecule has 5 nitrogen and oxygen atoms in total. The number of nitrogens with zero attached hydrogens (tertiary/aromatic N) is 4. The van der Waals surface area contributed by atoms with Crippen molar-refractivity contribution >= 4 is 11.9 Å². The lowest BCUT2D eigenvalue weighted by Gasteiger charge is -2.36. The van der Waals surface area contributed by atoms with Gasteiger partial charge in [0.1, 0.15) is 0 Å². The van der Waals surface area contributed by atoms with Crippen LogP contribution in [0.2, 0.25) is 0 Å². The van der Waals surface area contributed by atoms with E-state index in [2.05, 4.69) is 42.6 Å². The van der Waals surface area contributed by atoms with Gasteiger partial charge in [-0.15, -0.1) is 0 Å². The van der Waals surface area contributed by atoms with Gasteiger partial charge in [0.25, 0.3) is 5.91 Å². The fourth-order valence-corrected chi connectivity index (χ4v) is 2.85. The first-order valence-corrected chi connectivity index (χ1v) is 8.94. The summed E-state index contributed by atoms with van der Waals surface area (Å²) >= 11 is 0. The van der Waals surface area contributed by atoms with Gasteiger partial charge in [-0.1, -0.05) is 38.8 Å². The predicted molar refractivity (Wildman–Crippen MR) is 103 cm³/mol.